The molecule has 1 aromatic rings. The zero-order valence-corrected chi connectivity index (χ0v) is 15.0. The average molecular weight is 356 g/mol. The van der Waals surface area contributed by atoms with E-state index in [1.54, 1.807) is 17.0 Å². The Balaban J connectivity index is 2.20. The number of hydrogen-bond donors (Lipinski definition) is 0. The van der Waals surface area contributed by atoms with Crippen molar-refractivity contribution in [2.24, 2.45) is 0 Å². The van der Waals surface area contributed by atoms with Crippen molar-refractivity contribution in [1.29, 1.82) is 0 Å². The highest BCUT2D eigenvalue weighted by atomic mass is 32.2. The molecule has 1 aromatic carbocycles. The fraction of sp³-hybridized carbons (Fsp3) is 0.467. The molecule has 1 heterocycles. The second kappa shape index (κ2) is 6.92. The molecule has 0 radical (unpaired) electrons. The molecule has 0 aromatic heterocycles. The first kappa shape index (κ1) is 17.8. The second-order valence-corrected chi connectivity index (χ2v) is 8.66. The van der Waals surface area contributed by atoms with Gasteiger partial charge >= 0.3 is 0 Å². The van der Waals surface area contributed by atoms with Crippen LogP contribution in [0, 0.1) is 0 Å². The molecule has 1 aliphatic rings. The Labute approximate surface area is 140 Å². The van der Waals surface area contributed by atoms with Crippen LogP contribution >= 0.6 is 11.8 Å². The Bertz CT molecular complexity index is 699. The van der Waals surface area contributed by atoms with E-state index in [9.17, 15) is 18.0 Å². The van der Waals surface area contributed by atoms with Crippen LogP contribution in [0.5, 0.6) is 0 Å². The standard InChI is InChI=1S/C15H20N2O4S2/c1-11(2)17(14(18)8-16-10-22-9-15(16)19)12-4-6-13(7-5-12)23(3,20)21/h4-7,11H,8-10H2,1-3H3. The first-order chi connectivity index (χ1) is 10.7. The number of nitrogens with zero attached hydrogens (tertiary/aromatic N) is 2. The van der Waals surface area contributed by atoms with Crippen molar-refractivity contribution >= 4 is 39.1 Å². The molecule has 23 heavy (non-hydrogen) atoms. The predicted octanol–water partition coefficient (Wildman–Crippen LogP) is 1.36. The SMILES string of the molecule is CC(C)N(C(=O)CN1CSCC1=O)c1ccc(S(C)(=O)=O)cc1. The van der Waals surface area contributed by atoms with E-state index in [-0.39, 0.29) is 29.3 Å². The molecule has 0 spiro atoms. The summed E-state index contributed by atoms with van der Waals surface area (Å²) in [6.07, 6.45) is 1.14. The van der Waals surface area contributed by atoms with Crippen LogP contribution < -0.4 is 4.90 Å². The molecule has 6 nitrogen and oxygen atoms in total. The molecule has 2 amide bonds. The number of thioether (sulfide) groups is 1. The maximum absolute atomic E-state index is 12.6. The maximum atomic E-state index is 12.6. The summed E-state index contributed by atoms with van der Waals surface area (Å²) in [5, 5.41) is 0. The molecule has 1 saturated heterocycles. The van der Waals surface area contributed by atoms with Crippen LogP contribution in [0.3, 0.4) is 0 Å². The number of carbonyl (C=O) groups excluding carboxylic acids is 2. The molecule has 126 valence electrons. The number of amides is 2. The zero-order chi connectivity index (χ0) is 17.2. The minimum atomic E-state index is -3.27. The van der Waals surface area contributed by atoms with Crippen molar-refractivity contribution in [3.05, 3.63) is 24.3 Å². The quantitative estimate of drug-likeness (QED) is 0.796. The molecule has 0 saturated carbocycles. The third-order valence-corrected chi connectivity index (χ3v) is 5.55. The molecular formula is C15H20N2O4S2. The van der Waals surface area contributed by atoms with Gasteiger partial charge in [0.05, 0.1) is 16.5 Å². The van der Waals surface area contributed by atoms with E-state index in [1.165, 1.54) is 28.8 Å². The lowest BCUT2D eigenvalue weighted by molar-refractivity contribution is -0.131. The van der Waals surface area contributed by atoms with Gasteiger partial charge < -0.3 is 9.80 Å². The zero-order valence-electron chi connectivity index (χ0n) is 13.4. The molecule has 8 heteroatoms. The van der Waals surface area contributed by atoms with Crippen LogP contribution in [0.4, 0.5) is 5.69 Å². The maximum Gasteiger partial charge on any atom is 0.246 e. The minimum absolute atomic E-state index is 0.0283. The van der Waals surface area contributed by atoms with Gasteiger partial charge in [-0.1, -0.05) is 0 Å². The number of sulfone groups is 1. The largest absolute Gasteiger partial charge is 0.323 e. The van der Waals surface area contributed by atoms with E-state index in [0.717, 1.165) is 6.26 Å². The summed E-state index contributed by atoms with van der Waals surface area (Å²) in [5.41, 5.74) is 0.622. The lowest BCUT2D eigenvalue weighted by Gasteiger charge is -2.29. The van der Waals surface area contributed by atoms with E-state index in [0.29, 0.717) is 17.3 Å². The lowest BCUT2D eigenvalue weighted by Crippen LogP contribution is -2.44. The van der Waals surface area contributed by atoms with Crippen LogP contribution in [0.1, 0.15) is 13.8 Å². The highest BCUT2D eigenvalue weighted by Crippen LogP contribution is 2.22. The van der Waals surface area contributed by atoms with Gasteiger partial charge in [-0.05, 0) is 38.1 Å². The molecule has 0 unspecified atom stereocenters. The van der Waals surface area contributed by atoms with Crippen LogP contribution in [0.2, 0.25) is 0 Å². The number of benzene rings is 1. The number of hydrogen-bond acceptors (Lipinski definition) is 5. The van der Waals surface area contributed by atoms with Crippen LogP contribution in [0.25, 0.3) is 0 Å². The lowest BCUT2D eigenvalue weighted by atomic mass is 10.2. The summed E-state index contributed by atoms with van der Waals surface area (Å²) in [6.45, 7) is 3.80. The van der Waals surface area contributed by atoms with Gasteiger partial charge in [0.25, 0.3) is 0 Å². The van der Waals surface area contributed by atoms with Gasteiger partial charge in [-0.15, -0.1) is 11.8 Å². The summed E-state index contributed by atoms with van der Waals surface area (Å²) in [5.74, 6) is 0.740. The molecule has 0 atom stereocenters. The van der Waals surface area contributed by atoms with Crippen LogP contribution in [0.15, 0.2) is 29.2 Å². The highest BCUT2D eigenvalue weighted by Gasteiger charge is 2.27. The fourth-order valence-corrected chi connectivity index (χ4v) is 3.90. The van der Waals surface area contributed by atoms with Gasteiger partial charge in [0.15, 0.2) is 9.84 Å². The van der Waals surface area contributed by atoms with E-state index < -0.39 is 9.84 Å². The number of rotatable bonds is 5. The van der Waals surface area contributed by atoms with Crippen molar-refractivity contribution in [2.75, 3.05) is 29.3 Å². The smallest absolute Gasteiger partial charge is 0.246 e. The van der Waals surface area contributed by atoms with Gasteiger partial charge in [0.1, 0.15) is 6.54 Å². The van der Waals surface area contributed by atoms with Crippen molar-refractivity contribution in [2.45, 2.75) is 24.8 Å². The molecular weight excluding hydrogens is 336 g/mol. The van der Waals surface area contributed by atoms with E-state index in [2.05, 4.69) is 0 Å². The van der Waals surface area contributed by atoms with Crippen LogP contribution in [-0.2, 0) is 19.4 Å². The summed E-state index contributed by atoms with van der Waals surface area (Å²) in [7, 11) is -3.27. The Kier molecular flexibility index (Phi) is 5.36. The Morgan fingerprint density at radius 1 is 1.30 bits per heavy atom. The minimum Gasteiger partial charge on any atom is -0.323 e. The van der Waals surface area contributed by atoms with Crippen molar-refractivity contribution in [3.63, 3.8) is 0 Å². The van der Waals surface area contributed by atoms with Crippen molar-refractivity contribution in [1.82, 2.24) is 4.90 Å². The fourth-order valence-electron chi connectivity index (χ4n) is 2.36. The van der Waals surface area contributed by atoms with Crippen molar-refractivity contribution in [3.8, 4) is 0 Å². The van der Waals surface area contributed by atoms with Gasteiger partial charge in [-0.25, -0.2) is 8.42 Å². The summed E-state index contributed by atoms with van der Waals surface area (Å²) < 4.78 is 23.0. The van der Waals surface area contributed by atoms with Gasteiger partial charge in [-0.2, -0.15) is 0 Å². The third-order valence-electron chi connectivity index (χ3n) is 3.48. The summed E-state index contributed by atoms with van der Waals surface area (Å²) in [6, 6.07) is 6.12. The summed E-state index contributed by atoms with van der Waals surface area (Å²) >= 11 is 1.49. The number of carbonyl (C=O) groups is 2. The predicted molar refractivity (Wildman–Crippen MR) is 91.2 cm³/mol. The molecule has 0 aliphatic carbocycles. The molecule has 0 bridgehead atoms. The Hall–Kier alpha value is -1.54. The van der Waals surface area contributed by atoms with Gasteiger partial charge in [0, 0.05) is 18.0 Å². The van der Waals surface area contributed by atoms with Crippen molar-refractivity contribution < 1.29 is 18.0 Å². The average Bonchev–Trinajstić information content (AvgIpc) is 2.83. The monoisotopic (exact) mass is 356 g/mol. The second-order valence-electron chi connectivity index (χ2n) is 5.69. The molecule has 0 N–H and O–H groups in total. The van der Waals surface area contributed by atoms with E-state index >= 15 is 0 Å². The number of anilines is 1. The normalized spacial score (nSPS) is 15.3. The van der Waals surface area contributed by atoms with Gasteiger partial charge in [-0.3, -0.25) is 9.59 Å². The Morgan fingerprint density at radius 2 is 1.91 bits per heavy atom. The Morgan fingerprint density at radius 3 is 2.35 bits per heavy atom. The van der Waals surface area contributed by atoms with Crippen LogP contribution in [-0.4, -0.2) is 55.6 Å². The molecule has 2 rings (SSSR count). The van der Waals surface area contributed by atoms with E-state index in [1.807, 2.05) is 13.8 Å². The first-order valence-electron chi connectivity index (χ1n) is 7.18. The highest BCUT2D eigenvalue weighted by molar-refractivity contribution is 8.00. The van der Waals surface area contributed by atoms with E-state index in [4.69, 9.17) is 0 Å². The first-order valence-corrected chi connectivity index (χ1v) is 10.2. The third kappa shape index (κ3) is 4.26. The molecule has 1 fully saturated rings. The summed E-state index contributed by atoms with van der Waals surface area (Å²) in [4.78, 5) is 27.6. The van der Waals surface area contributed by atoms with Gasteiger partial charge in [0.2, 0.25) is 11.8 Å². The molecule has 1 aliphatic heterocycles. The topological polar surface area (TPSA) is 74.8 Å².